The summed E-state index contributed by atoms with van der Waals surface area (Å²) >= 11 is 0. The molecule has 0 N–H and O–H groups in total. The van der Waals surface area contributed by atoms with E-state index < -0.39 is 17.7 Å². The molecule has 0 spiro atoms. The van der Waals surface area contributed by atoms with Crippen molar-refractivity contribution in [3.8, 4) is 11.5 Å². The number of esters is 1. The van der Waals surface area contributed by atoms with Crippen molar-refractivity contribution < 1.29 is 27.1 Å². The van der Waals surface area contributed by atoms with Crippen molar-refractivity contribution in [2.45, 2.75) is 26.6 Å². The zero-order valence-electron chi connectivity index (χ0n) is 13.4. The minimum absolute atomic E-state index is 0.00911. The number of aryl methyl sites for hydroxylation is 1. The fraction of sp³-hybridized carbons (Fsp3) is 0.312. The Morgan fingerprint density at radius 1 is 1.40 bits per heavy atom. The van der Waals surface area contributed by atoms with Crippen LogP contribution in [0.25, 0.3) is 22.5 Å². The number of fused-ring (bicyclic) bond motifs is 1. The Labute approximate surface area is 140 Å². The summed E-state index contributed by atoms with van der Waals surface area (Å²) < 4.78 is 51.7. The van der Waals surface area contributed by atoms with Crippen LogP contribution in [0.3, 0.4) is 0 Å². The lowest BCUT2D eigenvalue weighted by atomic mass is 10.1. The van der Waals surface area contributed by atoms with Crippen LogP contribution in [0.15, 0.2) is 28.9 Å². The molecule has 132 valence electrons. The van der Waals surface area contributed by atoms with E-state index in [1.54, 1.807) is 13.0 Å². The molecule has 6 nitrogen and oxygen atoms in total. The largest absolute Gasteiger partial charge is 0.465 e. The Kier molecular flexibility index (Phi) is 4.23. The number of alkyl halides is 3. The van der Waals surface area contributed by atoms with E-state index >= 15 is 0 Å². The zero-order chi connectivity index (χ0) is 18.2. The summed E-state index contributed by atoms with van der Waals surface area (Å²) in [5.74, 6) is -0.417. The van der Waals surface area contributed by atoms with Crippen molar-refractivity contribution in [3.05, 3.63) is 35.7 Å². The van der Waals surface area contributed by atoms with Crippen molar-refractivity contribution >= 4 is 17.0 Å². The van der Waals surface area contributed by atoms with E-state index in [1.165, 1.54) is 19.3 Å². The van der Waals surface area contributed by atoms with E-state index in [0.717, 1.165) is 10.7 Å². The van der Waals surface area contributed by atoms with Crippen LogP contribution in [-0.2, 0) is 22.3 Å². The predicted molar refractivity (Wildman–Crippen MR) is 81.6 cm³/mol. The highest BCUT2D eigenvalue weighted by molar-refractivity contribution is 5.86. The van der Waals surface area contributed by atoms with Crippen LogP contribution in [-0.4, -0.2) is 27.3 Å². The number of halogens is 3. The highest BCUT2D eigenvalue weighted by atomic mass is 19.4. The summed E-state index contributed by atoms with van der Waals surface area (Å²) in [5.41, 5.74) is -0.789. The number of carbonyl (C=O) groups is 1. The van der Waals surface area contributed by atoms with Gasteiger partial charge in [0.1, 0.15) is 12.2 Å². The van der Waals surface area contributed by atoms with Gasteiger partial charge < -0.3 is 9.15 Å². The van der Waals surface area contributed by atoms with Gasteiger partial charge in [-0.2, -0.15) is 18.3 Å². The first-order valence-corrected chi connectivity index (χ1v) is 7.46. The molecule has 0 unspecified atom stereocenters. The van der Waals surface area contributed by atoms with Gasteiger partial charge in [0.15, 0.2) is 11.4 Å². The molecule has 25 heavy (non-hydrogen) atoms. The first-order chi connectivity index (χ1) is 11.8. The summed E-state index contributed by atoms with van der Waals surface area (Å²) in [6, 6.07) is 3.98. The number of rotatable bonds is 4. The number of carbonyl (C=O) groups excluding carboxylic acids is 1. The molecule has 0 aliphatic carbocycles. The molecule has 9 heteroatoms. The van der Waals surface area contributed by atoms with Gasteiger partial charge in [-0.1, -0.05) is 0 Å². The molecule has 0 bridgehead atoms. The Morgan fingerprint density at radius 2 is 2.16 bits per heavy atom. The monoisotopic (exact) mass is 353 g/mol. The van der Waals surface area contributed by atoms with Crippen LogP contribution >= 0.6 is 0 Å². The summed E-state index contributed by atoms with van der Waals surface area (Å²) in [4.78, 5) is 15.9. The standard InChI is InChI=1S/C16H14F3N3O3/c1-3-24-13(23)8-22-15-14(9(2)21-22)10(16(17,18)19)7-11(20-15)12-5-4-6-25-12/h4-7H,3,8H2,1-2H3. The van der Waals surface area contributed by atoms with Crippen molar-refractivity contribution in [1.82, 2.24) is 14.8 Å². The zero-order valence-corrected chi connectivity index (χ0v) is 13.4. The van der Waals surface area contributed by atoms with Crippen molar-refractivity contribution in [2.75, 3.05) is 6.61 Å². The van der Waals surface area contributed by atoms with Crippen LogP contribution in [0, 0.1) is 6.92 Å². The number of ether oxygens (including phenoxy) is 1. The summed E-state index contributed by atoms with van der Waals surface area (Å²) in [5, 5.41) is 3.89. The fourth-order valence-electron chi connectivity index (χ4n) is 2.57. The molecule has 0 fully saturated rings. The summed E-state index contributed by atoms with van der Waals surface area (Å²) in [6.07, 6.45) is -3.26. The third kappa shape index (κ3) is 3.21. The quantitative estimate of drug-likeness (QED) is 0.671. The van der Waals surface area contributed by atoms with E-state index in [-0.39, 0.29) is 41.3 Å². The maximum atomic E-state index is 13.5. The van der Waals surface area contributed by atoms with Gasteiger partial charge in [-0.3, -0.25) is 4.79 Å². The normalized spacial score (nSPS) is 11.9. The number of furan rings is 1. The Morgan fingerprint density at radius 3 is 2.76 bits per heavy atom. The Balaban J connectivity index is 2.23. The van der Waals surface area contributed by atoms with E-state index in [2.05, 4.69) is 10.1 Å². The third-order valence-electron chi connectivity index (χ3n) is 3.54. The first kappa shape index (κ1) is 17.0. The average molecular weight is 353 g/mol. The second kappa shape index (κ2) is 6.23. The molecule has 0 amide bonds. The lowest BCUT2D eigenvalue weighted by Gasteiger charge is -2.10. The molecule has 0 saturated carbocycles. The minimum Gasteiger partial charge on any atom is -0.465 e. The third-order valence-corrected chi connectivity index (χ3v) is 3.54. The van der Waals surface area contributed by atoms with Gasteiger partial charge in [0.05, 0.1) is 29.5 Å². The molecule has 3 rings (SSSR count). The maximum Gasteiger partial charge on any atom is 0.417 e. The summed E-state index contributed by atoms with van der Waals surface area (Å²) in [7, 11) is 0. The predicted octanol–water partition coefficient (Wildman–Crippen LogP) is 3.58. The van der Waals surface area contributed by atoms with Crippen molar-refractivity contribution in [1.29, 1.82) is 0 Å². The lowest BCUT2D eigenvalue weighted by Crippen LogP contribution is -2.15. The van der Waals surface area contributed by atoms with Gasteiger partial charge >= 0.3 is 12.1 Å². The maximum absolute atomic E-state index is 13.5. The smallest absolute Gasteiger partial charge is 0.417 e. The van der Waals surface area contributed by atoms with E-state index in [1.807, 2.05) is 0 Å². The van der Waals surface area contributed by atoms with Crippen LogP contribution in [0.5, 0.6) is 0 Å². The molecule has 3 aromatic heterocycles. The van der Waals surface area contributed by atoms with Crippen LogP contribution in [0.2, 0.25) is 0 Å². The molecular formula is C16H14F3N3O3. The number of nitrogens with zero attached hydrogens (tertiary/aromatic N) is 3. The molecule has 0 aliphatic rings. The Hall–Kier alpha value is -2.84. The first-order valence-electron chi connectivity index (χ1n) is 7.46. The molecular weight excluding hydrogens is 339 g/mol. The van der Waals surface area contributed by atoms with Gasteiger partial charge in [-0.15, -0.1) is 0 Å². The van der Waals surface area contributed by atoms with Crippen LogP contribution in [0.4, 0.5) is 13.2 Å². The van der Waals surface area contributed by atoms with E-state index in [4.69, 9.17) is 9.15 Å². The SMILES string of the molecule is CCOC(=O)Cn1nc(C)c2c(C(F)(F)F)cc(-c3ccco3)nc21. The summed E-state index contributed by atoms with van der Waals surface area (Å²) in [6.45, 7) is 2.91. The van der Waals surface area contributed by atoms with E-state index in [0.29, 0.717) is 0 Å². The molecule has 3 heterocycles. The average Bonchev–Trinajstić information content (AvgIpc) is 3.15. The van der Waals surface area contributed by atoms with Gasteiger partial charge in [-0.05, 0) is 32.0 Å². The topological polar surface area (TPSA) is 70.2 Å². The lowest BCUT2D eigenvalue weighted by molar-refractivity contribution is -0.144. The molecule has 3 aromatic rings. The highest BCUT2D eigenvalue weighted by Crippen LogP contribution is 2.38. The van der Waals surface area contributed by atoms with Gasteiger partial charge in [-0.25, -0.2) is 9.67 Å². The second-order valence-electron chi connectivity index (χ2n) is 5.28. The van der Waals surface area contributed by atoms with Crippen molar-refractivity contribution in [2.24, 2.45) is 0 Å². The molecule has 0 radical (unpaired) electrons. The van der Waals surface area contributed by atoms with Crippen LogP contribution in [0.1, 0.15) is 18.2 Å². The van der Waals surface area contributed by atoms with E-state index in [9.17, 15) is 18.0 Å². The number of aromatic nitrogens is 3. The second-order valence-corrected chi connectivity index (χ2v) is 5.28. The highest BCUT2D eigenvalue weighted by Gasteiger charge is 2.36. The number of pyridine rings is 1. The Bertz CT molecular complexity index is 914. The molecule has 0 saturated heterocycles. The molecule has 0 atom stereocenters. The van der Waals surface area contributed by atoms with Gasteiger partial charge in [0, 0.05) is 0 Å². The minimum atomic E-state index is -4.61. The molecule has 0 aliphatic heterocycles. The van der Waals surface area contributed by atoms with Crippen LogP contribution < -0.4 is 0 Å². The molecule has 0 aromatic carbocycles. The number of hydrogen-bond acceptors (Lipinski definition) is 5. The van der Waals surface area contributed by atoms with Gasteiger partial charge in [0.25, 0.3) is 0 Å². The van der Waals surface area contributed by atoms with Crippen molar-refractivity contribution in [3.63, 3.8) is 0 Å². The number of hydrogen-bond donors (Lipinski definition) is 0. The fourth-order valence-corrected chi connectivity index (χ4v) is 2.57. The van der Waals surface area contributed by atoms with Gasteiger partial charge in [0.2, 0.25) is 0 Å².